The summed E-state index contributed by atoms with van der Waals surface area (Å²) in [4.78, 5) is 3.66. The Hall–Kier alpha value is -1.23. The summed E-state index contributed by atoms with van der Waals surface area (Å²) in [6, 6.07) is 2.69. The number of hydrogen-bond donors (Lipinski definition) is 3. The van der Waals surface area contributed by atoms with Crippen LogP contribution in [0, 0.1) is 0 Å². The maximum absolute atomic E-state index is 12.0. The molecule has 0 aliphatic heterocycles. The molecule has 20 heavy (non-hydrogen) atoms. The van der Waals surface area contributed by atoms with Gasteiger partial charge in [-0.25, -0.2) is 31.3 Å². The Balaban J connectivity index is 2.80. The summed E-state index contributed by atoms with van der Waals surface area (Å²) in [5.41, 5.74) is 4.42. The first kappa shape index (κ1) is 16.8. The number of hydrogen-bond acceptors (Lipinski definition) is 6. The Labute approximate surface area is 118 Å². The third kappa shape index (κ3) is 5.41. The zero-order chi connectivity index (χ0) is 15.6. The summed E-state index contributed by atoms with van der Waals surface area (Å²) < 4.78 is 51.0. The highest BCUT2D eigenvalue weighted by atomic mass is 32.2. The minimum Gasteiger partial charge on any atom is -0.384 e. The second kappa shape index (κ2) is 5.64. The van der Waals surface area contributed by atoms with Crippen LogP contribution >= 0.6 is 0 Å². The van der Waals surface area contributed by atoms with Crippen molar-refractivity contribution in [1.29, 1.82) is 0 Å². The molecule has 1 aromatic heterocycles. The quantitative estimate of drug-likeness (QED) is 0.633. The molecule has 0 radical (unpaired) electrons. The molecule has 0 saturated heterocycles. The van der Waals surface area contributed by atoms with Crippen LogP contribution in [0.4, 0.5) is 5.82 Å². The lowest BCUT2D eigenvalue weighted by atomic mass is 10.1. The van der Waals surface area contributed by atoms with E-state index < -0.39 is 25.6 Å². The molecule has 10 heteroatoms. The van der Waals surface area contributed by atoms with Gasteiger partial charge in [0, 0.05) is 18.3 Å². The molecule has 0 aliphatic rings. The van der Waals surface area contributed by atoms with Gasteiger partial charge in [-0.3, -0.25) is 0 Å². The fraction of sp³-hybridized carbons (Fsp3) is 0.500. The summed E-state index contributed by atoms with van der Waals surface area (Å²) in [7, 11) is -7.20. The highest BCUT2D eigenvalue weighted by Crippen LogP contribution is 2.10. The molecule has 4 N–H and O–H groups in total. The van der Waals surface area contributed by atoms with Crippen LogP contribution in [0.25, 0.3) is 0 Å². The predicted octanol–water partition coefficient (Wildman–Crippen LogP) is -0.730. The highest BCUT2D eigenvalue weighted by Gasteiger charge is 2.25. The first-order valence-electron chi connectivity index (χ1n) is 5.61. The van der Waals surface area contributed by atoms with Crippen LogP contribution in [0.5, 0.6) is 0 Å². The molecule has 114 valence electrons. The maximum atomic E-state index is 12.0. The third-order valence-electron chi connectivity index (χ3n) is 2.24. The molecule has 0 spiro atoms. The number of nitrogens with zero attached hydrogens (tertiary/aromatic N) is 1. The van der Waals surface area contributed by atoms with E-state index in [1.165, 1.54) is 12.1 Å². The van der Waals surface area contributed by atoms with Gasteiger partial charge in [0.1, 0.15) is 10.7 Å². The van der Waals surface area contributed by atoms with Crippen molar-refractivity contribution >= 4 is 25.9 Å². The van der Waals surface area contributed by atoms with Crippen molar-refractivity contribution < 1.29 is 16.8 Å². The van der Waals surface area contributed by atoms with E-state index in [2.05, 4.69) is 14.4 Å². The monoisotopic (exact) mass is 322 g/mol. The van der Waals surface area contributed by atoms with Gasteiger partial charge in [0.15, 0.2) is 0 Å². The lowest BCUT2D eigenvalue weighted by molar-refractivity contribution is 0.446. The Kier molecular flexibility index (Phi) is 4.74. The molecule has 1 aromatic rings. The van der Waals surface area contributed by atoms with Gasteiger partial charge in [-0.15, -0.1) is 0 Å². The molecule has 1 heterocycles. The first-order chi connectivity index (χ1) is 8.91. The van der Waals surface area contributed by atoms with E-state index in [-0.39, 0.29) is 17.3 Å². The van der Waals surface area contributed by atoms with Crippen molar-refractivity contribution in [2.75, 3.05) is 18.5 Å². The summed E-state index contributed by atoms with van der Waals surface area (Å²) in [5, 5.41) is 0. The number of aromatic nitrogens is 1. The number of rotatable bonds is 6. The lowest BCUT2D eigenvalue weighted by Gasteiger charge is -2.25. The summed E-state index contributed by atoms with van der Waals surface area (Å²) >= 11 is 0. The van der Waals surface area contributed by atoms with Gasteiger partial charge in [-0.1, -0.05) is 0 Å². The van der Waals surface area contributed by atoms with Gasteiger partial charge < -0.3 is 5.73 Å². The van der Waals surface area contributed by atoms with Crippen molar-refractivity contribution in [3.8, 4) is 0 Å². The van der Waals surface area contributed by atoms with Gasteiger partial charge in [-0.2, -0.15) is 0 Å². The Morgan fingerprint density at radius 1 is 1.25 bits per heavy atom. The normalized spacial score (nSPS) is 13.3. The number of nitrogen functional groups attached to an aromatic ring is 1. The van der Waals surface area contributed by atoms with E-state index >= 15 is 0 Å². The summed E-state index contributed by atoms with van der Waals surface area (Å²) in [6.45, 7) is 3.03. The molecule has 8 nitrogen and oxygen atoms in total. The van der Waals surface area contributed by atoms with E-state index in [0.717, 1.165) is 12.5 Å². The molecule has 0 unspecified atom stereocenters. The van der Waals surface area contributed by atoms with Gasteiger partial charge in [0.25, 0.3) is 0 Å². The zero-order valence-corrected chi connectivity index (χ0v) is 13.0. The smallest absolute Gasteiger partial charge is 0.242 e. The van der Waals surface area contributed by atoms with Crippen molar-refractivity contribution in [3.05, 3.63) is 18.3 Å². The first-order valence-corrected chi connectivity index (χ1v) is 8.99. The molecule has 0 atom stereocenters. The molecular weight excluding hydrogens is 304 g/mol. The van der Waals surface area contributed by atoms with Gasteiger partial charge in [0.2, 0.25) is 20.0 Å². The van der Waals surface area contributed by atoms with E-state index in [4.69, 9.17) is 5.73 Å². The minimum absolute atomic E-state index is 0.0399. The largest absolute Gasteiger partial charge is 0.384 e. The minimum atomic E-state index is -3.77. The van der Waals surface area contributed by atoms with Crippen molar-refractivity contribution in [2.24, 2.45) is 0 Å². The number of anilines is 1. The van der Waals surface area contributed by atoms with Crippen molar-refractivity contribution in [1.82, 2.24) is 14.4 Å². The second-order valence-corrected chi connectivity index (χ2v) is 8.52. The molecule has 1 rings (SSSR count). The van der Waals surface area contributed by atoms with E-state index in [0.29, 0.717) is 0 Å². The Morgan fingerprint density at radius 3 is 2.30 bits per heavy atom. The van der Waals surface area contributed by atoms with Crippen LogP contribution in [-0.2, 0) is 20.0 Å². The fourth-order valence-electron chi connectivity index (χ4n) is 1.45. The molecular formula is C10H18N4O4S2. The molecule has 0 saturated carbocycles. The van der Waals surface area contributed by atoms with Crippen LogP contribution in [-0.4, -0.2) is 40.2 Å². The average Bonchev–Trinajstić information content (AvgIpc) is 2.24. The van der Waals surface area contributed by atoms with Crippen LogP contribution in [0.15, 0.2) is 23.2 Å². The molecule has 0 bridgehead atoms. The SMILES string of the molecule is CC(C)(CNS(=O)(=O)c1ccc(N)nc1)NS(C)(=O)=O. The van der Waals surface area contributed by atoms with Crippen LogP contribution < -0.4 is 15.2 Å². The van der Waals surface area contributed by atoms with Crippen LogP contribution in [0.1, 0.15) is 13.8 Å². The van der Waals surface area contributed by atoms with Gasteiger partial charge >= 0.3 is 0 Å². The standard InChI is InChI=1S/C10H18N4O4S2/c1-10(2,14-19(3,15)16)7-13-20(17,18)8-4-5-9(11)12-6-8/h4-6,13-14H,7H2,1-3H3,(H2,11,12). The fourth-order valence-corrected chi connectivity index (χ4v) is 3.68. The van der Waals surface area contributed by atoms with Crippen molar-refractivity contribution in [3.63, 3.8) is 0 Å². The van der Waals surface area contributed by atoms with Crippen molar-refractivity contribution in [2.45, 2.75) is 24.3 Å². The van der Waals surface area contributed by atoms with Gasteiger partial charge in [0.05, 0.1) is 6.26 Å². The predicted molar refractivity (Wildman–Crippen MR) is 75.9 cm³/mol. The second-order valence-electron chi connectivity index (χ2n) is 5.00. The van der Waals surface area contributed by atoms with Gasteiger partial charge in [-0.05, 0) is 26.0 Å². The third-order valence-corrected chi connectivity index (χ3v) is 4.55. The summed E-state index contributed by atoms with van der Waals surface area (Å²) in [5.74, 6) is 0.211. The summed E-state index contributed by atoms with van der Waals surface area (Å²) in [6.07, 6.45) is 2.14. The maximum Gasteiger partial charge on any atom is 0.242 e. The highest BCUT2D eigenvalue weighted by molar-refractivity contribution is 7.89. The lowest BCUT2D eigenvalue weighted by Crippen LogP contribution is -2.50. The topological polar surface area (TPSA) is 131 Å². The van der Waals surface area contributed by atoms with E-state index in [9.17, 15) is 16.8 Å². The van der Waals surface area contributed by atoms with Crippen LogP contribution in [0.2, 0.25) is 0 Å². The molecule has 0 amide bonds. The number of nitrogens with one attached hydrogen (secondary N) is 2. The average molecular weight is 322 g/mol. The molecule has 0 aliphatic carbocycles. The molecule has 0 fully saturated rings. The van der Waals surface area contributed by atoms with E-state index in [1.807, 2.05) is 0 Å². The van der Waals surface area contributed by atoms with Crippen LogP contribution in [0.3, 0.4) is 0 Å². The van der Waals surface area contributed by atoms with E-state index in [1.54, 1.807) is 13.8 Å². The Bertz CT molecular complexity index is 666. The zero-order valence-electron chi connectivity index (χ0n) is 11.4. The number of sulfonamides is 2. The number of nitrogens with two attached hydrogens (primary N) is 1. The number of pyridine rings is 1. The molecule has 0 aromatic carbocycles. The Morgan fingerprint density at radius 2 is 1.85 bits per heavy atom.